The van der Waals surface area contributed by atoms with E-state index in [0.29, 0.717) is 0 Å². The Morgan fingerprint density at radius 3 is 2.31 bits per heavy atom. The summed E-state index contributed by atoms with van der Waals surface area (Å²) in [7, 11) is 0. The molecule has 0 aliphatic heterocycles. The van der Waals surface area contributed by atoms with Crippen LogP contribution in [0.4, 0.5) is 0 Å². The first-order valence-corrected chi connectivity index (χ1v) is 6.02. The van der Waals surface area contributed by atoms with Gasteiger partial charge in [0.15, 0.2) is 0 Å². The van der Waals surface area contributed by atoms with Gasteiger partial charge in [-0.3, -0.25) is 0 Å². The highest BCUT2D eigenvalue weighted by Gasteiger charge is 2.13. The van der Waals surface area contributed by atoms with Crippen molar-refractivity contribution in [3.05, 3.63) is 34.4 Å². The minimum atomic E-state index is 0.226. The largest absolute Gasteiger partial charge is 0.396 e. The molecule has 0 radical (unpaired) electrons. The van der Waals surface area contributed by atoms with E-state index in [9.17, 15) is 0 Å². The van der Waals surface area contributed by atoms with Gasteiger partial charge in [0.1, 0.15) is 0 Å². The monoisotopic (exact) mass is 221 g/mol. The summed E-state index contributed by atoms with van der Waals surface area (Å²) < 4.78 is 0. The Labute approximate surface area is 98.7 Å². The van der Waals surface area contributed by atoms with Crippen molar-refractivity contribution >= 4 is 0 Å². The van der Waals surface area contributed by atoms with E-state index < -0.39 is 0 Å². The number of hydrogen-bond donors (Lipinski definition) is 2. The van der Waals surface area contributed by atoms with Gasteiger partial charge in [-0.2, -0.15) is 0 Å². The molecule has 0 aromatic heterocycles. The van der Waals surface area contributed by atoms with Crippen LogP contribution in [0.2, 0.25) is 0 Å². The minimum absolute atomic E-state index is 0.226. The van der Waals surface area contributed by atoms with Crippen LogP contribution in [0.25, 0.3) is 0 Å². The number of aliphatic hydroxyl groups excluding tert-OH is 1. The number of aryl methyl sites for hydroxylation is 3. The average molecular weight is 221 g/mol. The molecule has 16 heavy (non-hydrogen) atoms. The Bertz CT molecular complexity index is 341. The van der Waals surface area contributed by atoms with Crippen LogP contribution in [0, 0.1) is 20.8 Å². The Morgan fingerprint density at radius 2 is 1.75 bits per heavy atom. The summed E-state index contributed by atoms with van der Waals surface area (Å²) in [5, 5.41) is 12.5. The molecule has 0 amide bonds. The second-order valence-electron chi connectivity index (χ2n) is 4.42. The van der Waals surface area contributed by atoms with Crippen molar-refractivity contribution in [1.29, 1.82) is 0 Å². The van der Waals surface area contributed by atoms with E-state index in [1.807, 2.05) is 0 Å². The molecule has 1 rings (SSSR count). The molecule has 0 heterocycles. The number of nitrogens with one attached hydrogen (secondary N) is 1. The lowest BCUT2D eigenvalue weighted by molar-refractivity contribution is 0.266. The molecule has 2 heteroatoms. The lowest BCUT2D eigenvalue weighted by atomic mass is 9.94. The number of aliphatic hydroxyl groups is 1. The number of rotatable bonds is 5. The zero-order chi connectivity index (χ0) is 12.1. The van der Waals surface area contributed by atoms with Crippen LogP contribution in [-0.4, -0.2) is 18.3 Å². The smallest absolute Gasteiger partial charge is 0.0449 e. The third-order valence-corrected chi connectivity index (χ3v) is 3.13. The quantitative estimate of drug-likeness (QED) is 0.801. The first-order chi connectivity index (χ1) is 7.60. The zero-order valence-electron chi connectivity index (χ0n) is 10.8. The molecule has 0 aliphatic rings. The molecule has 0 saturated carbocycles. The maximum absolute atomic E-state index is 9.10. The van der Waals surface area contributed by atoms with E-state index in [4.69, 9.17) is 5.11 Å². The topological polar surface area (TPSA) is 32.3 Å². The summed E-state index contributed by atoms with van der Waals surface area (Å²) in [6.45, 7) is 9.67. The summed E-state index contributed by atoms with van der Waals surface area (Å²) in [4.78, 5) is 0. The van der Waals surface area contributed by atoms with E-state index in [1.165, 1.54) is 22.3 Å². The third-order valence-electron chi connectivity index (χ3n) is 3.13. The van der Waals surface area contributed by atoms with Crippen LogP contribution >= 0.6 is 0 Å². The van der Waals surface area contributed by atoms with Gasteiger partial charge >= 0.3 is 0 Å². The molecule has 0 bridgehead atoms. The molecule has 0 spiro atoms. The van der Waals surface area contributed by atoms with Gasteiger partial charge in [-0.25, -0.2) is 0 Å². The van der Waals surface area contributed by atoms with Crippen LogP contribution in [-0.2, 0) is 0 Å². The van der Waals surface area contributed by atoms with Crippen LogP contribution < -0.4 is 5.32 Å². The summed E-state index contributed by atoms with van der Waals surface area (Å²) >= 11 is 0. The van der Waals surface area contributed by atoms with Crippen LogP contribution in [0.1, 0.15) is 41.6 Å². The highest BCUT2D eigenvalue weighted by molar-refractivity contribution is 5.38. The lowest BCUT2D eigenvalue weighted by Gasteiger charge is -2.21. The van der Waals surface area contributed by atoms with Crippen LogP contribution in [0.15, 0.2) is 12.1 Å². The molecular weight excluding hydrogens is 198 g/mol. The van der Waals surface area contributed by atoms with Gasteiger partial charge in [0.25, 0.3) is 0 Å². The normalized spacial score (nSPS) is 12.8. The SMILES string of the molecule is CCNC(CCO)c1cc(C)c(C)cc1C. The van der Waals surface area contributed by atoms with Crippen molar-refractivity contribution < 1.29 is 5.11 Å². The predicted octanol–water partition coefficient (Wildman–Crippen LogP) is 2.64. The van der Waals surface area contributed by atoms with Crippen molar-refractivity contribution in [3.8, 4) is 0 Å². The predicted molar refractivity (Wildman–Crippen MR) is 68.8 cm³/mol. The number of hydrogen-bond acceptors (Lipinski definition) is 2. The molecule has 1 aromatic rings. The van der Waals surface area contributed by atoms with Crippen molar-refractivity contribution in [2.75, 3.05) is 13.2 Å². The van der Waals surface area contributed by atoms with Crippen LogP contribution in [0.5, 0.6) is 0 Å². The lowest BCUT2D eigenvalue weighted by Crippen LogP contribution is -2.22. The highest BCUT2D eigenvalue weighted by atomic mass is 16.3. The Kier molecular flexibility index (Phi) is 4.97. The van der Waals surface area contributed by atoms with Gasteiger partial charge in [0, 0.05) is 12.6 Å². The second kappa shape index (κ2) is 6.02. The van der Waals surface area contributed by atoms with E-state index in [1.54, 1.807) is 0 Å². The number of benzene rings is 1. The molecule has 1 aromatic carbocycles. The van der Waals surface area contributed by atoms with E-state index >= 15 is 0 Å². The Morgan fingerprint density at radius 1 is 1.12 bits per heavy atom. The average Bonchev–Trinajstić information content (AvgIpc) is 2.23. The molecule has 0 saturated heterocycles. The summed E-state index contributed by atoms with van der Waals surface area (Å²) in [5.74, 6) is 0. The minimum Gasteiger partial charge on any atom is -0.396 e. The van der Waals surface area contributed by atoms with Gasteiger partial charge in [-0.05, 0) is 56.0 Å². The molecule has 1 unspecified atom stereocenters. The summed E-state index contributed by atoms with van der Waals surface area (Å²) in [6, 6.07) is 4.74. The van der Waals surface area contributed by atoms with E-state index in [2.05, 4.69) is 45.1 Å². The molecule has 2 nitrogen and oxygen atoms in total. The standard InChI is InChI=1S/C14H23NO/c1-5-15-14(6-7-16)13-9-11(3)10(2)8-12(13)4/h8-9,14-16H,5-7H2,1-4H3. The molecule has 2 N–H and O–H groups in total. The fraction of sp³-hybridized carbons (Fsp3) is 0.571. The molecule has 90 valence electrons. The van der Waals surface area contributed by atoms with E-state index in [-0.39, 0.29) is 12.6 Å². The molecule has 0 aliphatic carbocycles. The first-order valence-electron chi connectivity index (χ1n) is 6.02. The van der Waals surface area contributed by atoms with Gasteiger partial charge in [-0.1, -0.05) is 19.1 Å². The fourth-order valence-electron chi connectivity index (χ4n) is 2.10. The van der Waals surface area contributed by atoms with E-state index in [0.717, 1.165) is 13.0 Å². The van der Waals surface area contributed by atoms with Crippen molar-refractivity contribution in [1.82, 2.24) is 5.32 Å². The molecule has 1 atom stereocenters. The zero-order valence-corrected chi connectivity index (χ0v) is 10.8. The fourth-order valence-corrected chi connectivity index (χ4v) is 2.10. The summed E-state index contributed by atoms with van der Waals surface area (Å²) in [6.07, 6.45) is 0.775. The maximum Gasteiger partial charge on any atom is 0.0449 e. The first kappa shape index (κ1) is 13.2. The maximum atomic E-state index is 9.10. The second-order valence-corrected chi connectivity index (χ2v) is 4.42. The molecular formula is C14H23NO. The van der Waals surface area contributed by atoms with Gasteiger partial charge in [-0.15, -0.1) is 0 Å². The Hall–Kier alpha value is -0.860. The van der Waals surface area contributed by atoms with Gasteiger partial charge < -0.3 is 10.4 Å². The molecule has 0 fully saturated rings. The van der Waals surface area contributed by atoms with Crippen LogP contribution in [0.3, 0.4) is 0 Å². The highest BCUT2D eigenvalue weighted by Crippen LogP contribution is 2.23. The van der Waals surface area contributed by atoms with Crippen molar-refractivity contribution in [2.45, 2.75) is 40.2 Å². The third kappa shape index (κ3) is 3.06. The van der Waals surface area contributed by atoms with Crippen molar-refractivity contribution in [3.63, 3.8) is 0 Å². The van der Waals surface area contributed by atoms with Gasteiger partial charge in [0.2, 0.25) is 0 Å². The Balaban J connectivity index is 3.03. The van der Waals surface area contributed by atoms with Crippen molar-refractivity contribution in [2.24, 2.45) is 0 Å². The van der Waals surface area contributed by atoms with Gasteiger partial charge in [0.05, 0.1) is 0 Å². The summed E-state index contributed by atoms with van der Waals surface area (Å²) in [5.41, 5.74) is 5.28.